The number of anilines is 1. The number of aromatic nitrogens is 1. The second kappa shape index (κ2) is 4.82. The SMILES string of the molecule is CCCCC(N)c1cc(N)ccn1. The van der Waals surface area contributed by atoms with Crippen LogP contribution in [-0.2, 0) is 0 Å². The van der Waals surface area contributed by atoms with E-state index in [-0.39, 0.29) is 6.04 Å². The number of nitrogens with two attached hydrogens (primary N) is 2. The van der Waals surface area contributed by atoms with Crippen molar-refractivity contribution in [3.8, 4) is 0 Å². The van der Waals surface area contributed by atoms with Crippen molar-refractivity contribution >= 4 is 5.69 Å². The number of hydrogen-bond donors (Lipinski definition) is 2. The Hall–Kier alpha value is -1.09. The fraction of sp³-hybridized carbons (Fsp3) is 0.500. The second-order valence-corrected chi connectivity index (χ2v) is 3.26. The summed E-state index contributed by atoms with van der Waals surface area (Å²) in [6.45, 7) is 2.15. The number of hydrogen-bond acceptors (Lipinski definition) is 3. The molecule has 3 nitrogen and oxygen atoms in total. The van der Waals surface area contributed by atoms with Crippen LogP contribution >= 0.6 is 0 Å². The maximum atomic E-state index is 5.93. The molecule has 0 aliphatic heterocycles. The highest BCUT2D eigenvalue weighted by Gasteiger charge is 2.06. The summed E-state index contributed by atoms with van der Waals surface area (Å²) in [6, 6.07) is 3.65. The molecule has 0 aromatic carbocycles. The molecule has 0 saturated heterocycles. The lowest BCUT2D eigenvalue weighted by molar-refractivity contribution is 0.591. The predicted octanol–water partition coefficient (Wildman–Crippen LogP) is 1.85. The van der Waals surface area contributed by atoms with E-state index in [0.29, 0.717) is 0 Å². The lowest BCUT2D eigenvalue weighted by Gasteiger charge is -2.10. The molecule has 3 heteroatoms. The molecule has 1 aromatic heterocycles. The van der Waals surface area contributed by atoms with Crippen LogP contribution in [0.5, 0.6) is 0 Å². The van der Waals surface area contributed by atoms with Crippen LogP contribution in [0.15, 0.2) is 18.3 Å². The molecule has 0 aliphatic carbocycles. The van der Waals surface area contributed by atoms with E-state index in [1.807, 2.05) is 6.07 Å². The van der Waals surface area contributed by atoms with Crippen molar-refractivity contribution in [3.63, 3.8) is 0 Å². The Balaban J connectivity index is 2.60. The first-order chi connectivity index (χ1) is 6.24. The molecule has 0 saturated carbocycles. The van der Waals surface area contributed by atoms with Crippen LogP contribution in [-0.4, -0.2) is 4.98 Å². The summed E-state index contributed by atoms with van der Waals surface area (Å²) in [5, 5.41) is 0. The normalized spacial score (nSPS) is 12.8. The minimum atomic E-state index is 0.0310. The Bertz CT molecular complexity index is 260. The molecule has 1 aromatic rings. The lowest BCUT2D eigenvalue weighted by Crippen LogP contribution is -2.12. The molecule has 1 rings (SSSR count). The standard InChI is InChI=1S/C10H17N3/c1-2-3-4-9(12)10-7-8(11)5-6-13-10/h5-7,9H,2-4,12H2,1H3,(H2,11,13). The average Bonchev–Trinajstić information content (AvgIpc) is 2.14. The van der Waals surface area contributed by atoms with E-state index in [1.165, 1.54) is 0 Å². The van der Waals surface area contributed by atoms with Gasteiger partial charge in [-0.3, -0.25) is 4.98 Å². The Labute approximate surface area is 79.2 Å². The summed E-state index contributed by atoms with van der Waals surface area (Å²) in [5.41, 5.74) is 13.2. The summed E-state index contributed by atoms with van der Waals surface area (Å²) < 4.78 is 0. The van der Waals surface area contributed by atoms with Gasteiger partial charge in [0.05, 0.1) is 5.69 Å². The van der Waals surface area contributed by atoms with Crippen molar-refractivity contribution < 1.29 is 0 Å². The zero-order chi connectivity index (χ0) is 9.68. The Kier molecular flexibility index (Phi) is 3.71. The number of rotatable bonds is 4. The van der Waals surface area contributed by atoms with Crippen LogP contribution in [0, 0.1) is 0 Å². The molecule has 72 valence electrons. The molecule has 0 radical (unpaired) electrons. The van der Waals surface area contributed by atoms with Gasteiger partial charge in [0.15, 0.2) is 0 Å². The van der Waals surface area contributed by atoms with Gasteiger partial charge in [0.25, 0.3) is 0 Å². The molecule has 13 heavy (non-hydrogen) atoms. The van der Waals surface area contributed by atoms with Crippen LogP contribution in [0.25, 0.3) is 0 Å². The Morgan fingerprint density at radius 1 is 1.54 bits per heavy atom. The summed E-state index contributed by atoms with van der Waals surface area (Å²) in [5.74, 6) is 0. The Morgan fingerprint density at radius 2 is 2.31 bits per heavy atom. The van der Waals surface area contributed by atoms with E-state index in [2.05, 4.69) is 11.9 Å². The quantitative estimate of drug-likeness (QED) is 0.741. The first kappa shape index (κ1) is 9.99. The van der Waals surface area contributed by atoms with Crippen LogP contribution in [0.2, 0.25) is 0 Å². The molecular weight excluding hydrogens is 162 g/mol. The third-order valence-corrected chi connectivity index (χ3v) is 2.05. The monoisotopic (exact) mass is 179 g/mol. The van der Waals surface area contributed by atoms with Crippen LogP contribution in [0.3, 0.4) is 0 Å². The van der Waals surface area contributed by atoms with Crippen molar-refractivity contribution in [2.75, 3.05) is 5.73 Å². The van der Waals surface area contributed by atoms with Gasteiger partial charge in [0, 0.05) is 17.9 Å². The molecule has 0 bridgehead atoms. The molecule has 1 heterocycles. The third kappa shape index (κ3) is 3.03. The van der Waals surface area contributed by atoms with Gasteiger partial charge in [-0.2, -0.15) is 0 Å². The summed E-state index contributed by atoms with van der Waals surface area (Å²) >= 11 is 0. The fourth-order valence-electron chi connectivity index (χ4n) is 1.24. The number of nitrogen functional groups attached to an aromatic ring is 1. The van der Waals surface area contributed by atoms with Crippen molar-refractivity contribution in [2.45, 2.75) is 32.2 Å². The van der Waals surface area contributed by atoms with Gasteiger partial charge in [-0.1, -0.05) is 19.8 Å². The van der Waals surface area contributed by atoms with Gasteiger partial charge >= 0.3 is 0 Å². The fourth-order valence-corrected chi connectivity index (χ4v) is 1.24. The first-order valence-electron chi connectivity index (χ1n) is 4.71. The highest BCUT2D eigenvalue weighted by molar-refractivity contribution is 5.37. The maximum absolute atomic E-state index is 5.93. The molecule has 0 aliphatic rings. The molecule has 4 N–H and O–H groups in total. The van der Waals surface area contributed by atoms with Gasteiger partial charge in [0.2, 0.25) is 0 Å². The minimum absolute atomic E-state index is 0.0310. The largest absolute Gasteiger partial charge is 0.399 e. The zero-order valence-corrected chi connectivity index (χ0v) is 8.03. The average molecular weight is 179 g/mol. The predicted molar refractivity (Wildman–Crippen MR) is 55.1 cm³/mol. The van der Waals surface area contributed by atoms with Gasteiger partial charge in [-0.15, -0.1) is 0 Å². The maximum Gasteiger partial charge on any atom is 0.0591 e. The summed E-state index contributed by atoms with van der Waals surface area (Å²) in [7, 11) is 0. The molecular formula is C10H17N3. The van der Waals surface area contributed by atoms with E-state index in [1.54, 1.807) is 12.3 Å². The van der Waals surface area contributed by atoms with Crippen LogP contribution in [0.4, 0.5) is 5.69 Å². The molecule has 0 amide bonds. The smallest absolute Gasteiger partial charge is 0.0591 e. The van der Waals surface area contributed by atoms with E-state index in [4.69, 9.17) is 11.5 Å². The van der Waals surface area contributed by atoms with Gasteiger partial charge in [-0.25, -0.2) is 0 Å². The topological polar surface area (TPSA) is 64.9 Å². The van der Waals surface area contributed by atoms with Crippen LogP contribution < -0.4 is 11.5 Å². The van der Waals surface area contributed by atoms with Crippen molar-refractivity contribution in [3.05, 3.63) is 24.0 Å². The number of unbranched alkanes of at least 4 members (excludes halogenated alkanes) is 1. The van der Waals surface area contributed by atoms with E-state index in [0.717, 1.165) is 30.6 Å². The molecule has 0 fully saturated rings. The highest BCUT2D eigenvalue weighted by atomic mass is 14.8. The number of nitrogens with zero attached hydrogens (tertiary/aromatic N) is 1. The highest BCUT2D eigenvalue weighted by Crippen LogP contribution is 2.15. The van der Waals surface area contributed by atoms with Crippen molar-refractivity contribution in [1.82, 2.24) is 4.98 Å². The van der Waals surface area contributed by atoms with Gasteiger partial charge in [-0.05, 0) is 18.6 Å². The summed E-state index contributed by atoms with van der Waals surface area (Å²) in [4.78, 5) is 4.19. The first-order valence-corrected chi connectivity index (χ1v) is 4.71. The van der Waals surface area contributed by atoms with Crippen molar-refractivity contribution in [2.24, 2.45) is 5.73 Å². The van der Waals surface area contributed by atoms with E-state index in [9.17, 15) is 0 Å². The van der Waals surface area contributed by atoms with E-state index >= 15 is 0 Å². The molecule has 0 spiro atoms. The number of pyridine rings is 1. The summed E-state index contributed by atoms with van der Waals surface area (Å²) in [6.07, 6.45) is 4.98. The van der Waals surface area contributed by atoms with Gasteiger partial charge < -0.3 is 11.5 Å². The van der Waals surface area contributed by atoms with E-state index < -0.39 is 0 Å². The second-order valence-electron chi connectivity index (χ2n) is 3.26. The van der Waals surface area contributed by atoms with Crippen LogP contribution in [0.1, 0.15) is 37.9 Å². The minimum Gasteiger partial charge on any atom is -0.399 e. The third-order valence-electron chi connectivity index (χ3n) is 2.05. The molecule has 1 unspecified atom stereocenters. The van der Waals surface area contributed by atoms with Gasteiger partial charge in [0.1, 0.15) is 0 Å². The molecule has 1 atom stereocenters. The van der Waals surface area contributed by atoms with Crippen molar-refractivity contribution in [1.29, 1.82) is 0 Å². The Morgan fingerprint density at radius 3 is 2.92 bits per heavy atom. The lowest BCUT2D eigenvalue weighted by atomic mass is 10.1. The zero-order valence-electron chi connectivity index (χ0n) is 8.03.